The third-order valence-corrected chi connectivity index (χ3v) is 5.18. The molecular weight excluding hydrogens is 484 g/mol. The highest BCUT2D eigenvalue weighted by atomic mass is 19.2. The van der Waals surface area contributed by atoms with Crippen molar-refractivity contribution in [1.29, 1.82) is 0 Å². The minimum Gasteiger partial charge on any atom is -0.246 e. The number of pyridine rings is 4. The van der Waals surface area contributed by atoms with E-state index in [1.54, 1.807) is 0 Å². The van der Waals surface area contributed by atoms with Crippen molar-refractivity contribution in [3.8, 4) is 22.5 Å². The molecule has 0 saturated heterocycles. The second-order valence-corrected chi connectivity index (χ2v) is 7.87. The highest BCUT2D eigenvalue weighted by Crippen LogP contribution is 2.37. The quantitative estimate of drug-likeness (QED) is 0.256. The molecule has 0 atom stereocenters. The zero-order valence-corrected chi connectivity index (χ0v) is 17.8. The Kier molecular flexibility index (Phi) is 5.99. The van der Waals surface area contributed by atoms with Crippen molar-refractivity contribution >= 4 is 0 Å². The van der Waals surface area contributed by atoms with Crippen LogP contribution in [0.2, 0.25) is 0 Å². The Bertz CT molecular complexity index is 1360. The van der Waals surface area contributed by atoms with Gasteiger partial charge in [0.15, 0.2) is 11.6 Å². The molecule has 0 aliphatic rings. The first-order valence-corrected chi connectivity index (χ1v) is 9.78. The van der Waals surface area contributed by atoms with Crippen LogP contribution in [-0.2, 0) is 5.41 Å². The molecule has 4 rings (SSSR count). The van der Waals surface area contributed by atoms with Gasteiger partial charge in [0.05, 0.1) is 27.9 Å². The van der Waals surface area contributed by atoms with Gasteiger partial charge in [-0.15, -0.1) is 0 Å². The van der Waals surface area contributed by atoms with E-state index in [1.165, 1.54) is 13.8 Å². The maximum atomic E-state index is 14.8. The van der Waals surface area contributed by atoms with Crippen molar-refractivity contribution in [1.82, 2.24) is 19.9 Å². The molecule has 4 aromatic heterocycles. The van der Waals surface area contributed by atoms with Crippen molar-refractivity contribution < 1.29 is 35.1 Å². The lowest BCUT2D eigenvalue weighted by Gasteiger charge is -2.26. The zero-order valence-electron chi connectivity index (χ0n) is 17.8. The second kappa shape index (κ2) is 8.67. The largest absolute Gasteiger partial charge is 0.246 e. The molecule has 180 valence electrons. The summed E-state index contributed by atoms with van der Waals surface area (Å²) in [6.07, 6.45) is 0. The summed E-state index contributed by atoms with van der Waals surface area (Å²) in [5.41, 5.74) is -5.86. The van der Waals surface area contributed by atoms with Crippen LogP contribution in [0.5, 0.6) is 0 Å². The standard InChI is InChI=1S/C23H12F8N4/c1-23(2,19-13(26)7-11(24)17(34-19)9-3-5-15(28)32-21(9)30)20-14(27)8-12(25)18(35-20)10-4-6-16(29)33-22(10)31/h3-8H,1-2H3. The Hall–Kier alpha value is -3.96. The molecule has 0 amide bonds. The van der Waals surface area contributed by atoms with Crippen LogP contribution < -0.4 is 0 Å². The van der Waals surface area contributed by atoms with Crippen LogP contribution in [0.4, 0.5) is 35.1 Å². The maximum Gasteiger partial charge on any atom is 0.225 e. The van der Waals surface area contributed by atoms with Crippen molar-refractivity contribution in [2.75, 3.05) is 0 Å². The van der Waals surface area contributed by atoms with E-state index in [1.807, 2.05) is 0 Å². The van der Waals surface area contributed by atoms with Crippen molar-refractivity contribution in [2.24, 2.45) is 0 Å². The molecule has 0 spiro atoms. The van der Waals surface area contributed by atoms with E-state index in [4.69, 9.17) is 0 Å². The van der Waals surface area contributed by atoms with E-state index in [-0.39, 0.29) is 0 Å². The summed E-state index contributed by atoms with van der Waals surface area (Å²) in [5.74, 6) is -10.5. The van der Waals surface area contributed by atoms with Crippen LogP contribution in [0.3, 0.4) is 0 Å². The summed E-state index contributed by atoms with van der Waals surface area (Å²) in [5, 5.41) is 0. The summed E-state index contributed by atoms with van der Waals surface area (Å²) in [6, 6.07) is 3.83. The Labute approximate surface area is 192 Å². The van der Waals surface area contributed by atoms with E-state index >= 15 is 0 Å². The molecule has 0 unspecified atom stereocenters. The van der Waals surface area contributed by atoms with E-state index < -0.39 is 86.4 Å². The molecule has 4 heterocycles. The van der Waals surface area contributed by atoms with Crippen LogP contribution in [0.15, 0.2) is 36.4 Å². The minimum absolute atomic E-state index is 0.355. The molecule has 0 N–H and O–H groups in total. The van der Waals surface area contributed by atoms with Crippen LogP contribution in [0, 0.1) is 47.1 Å². The molecule has 35 heavy (non-hydrogen) atoms. The third-order valence-electron chi connectivity index (χ3n) is 5.18. The number of aromatic nitrogens is 4. The summed E-state index contributed by atoms with van der Waals surface area (Å²) in [7, 11) is 0. The van der Waals surface area contributed by atoms with Gasteiger partial charge in [0, 0.05) is 12.1 Å². The molecule has 0 radical (unpaired) electrons. The van der Waals surface area contributed by atoms with Crippen molar-refractivity contribution in [3.05, 3.63) is 94.8 Å². The van der Waals surface area contributed by atoms with Gasteiger partial charge in [-0.05, 0) is 38.1 Å². The van der Waals surface area contributed by atoms with Gasteiger partial charge in [-0.25, -0.2) is 27.5 Å². The fourth-order valence-electron chi connectivity index (χ4n) is 3.48. The molecule has 0 fully saturated rings. The van der Waals surface area contributed by atoms with Gasteiger partial charge in [0.1, 0.15) is 23.0 Å². The lowest BCUT2D eigenvalue weighted by molar-refractivity contribution is 0.470. The fourth-order valence-corrected chi connectivity index (χ4v) is 3.48. The minimum atomic E-state index is -1.87. The highest BCUT2D eigenvalue weighted by Gasteiger charge is 2.35. The van der Waals surface area contributed by atoms with Gasteiger partial charge in [0.2, 0.25) is 23.8 Å². The first kappa shape index (κ1) is 24.2. The summed E-state index contributed by atoms with van der Waals surface area (Å²) in [4.78, 5) is 13.4. The Morgan fingerprint density at radius 2 is 0.886 bits per heavy atom. The fraction of sp³-hybridized carbons (Fsp3) is 0.130. The Morgan fingerprint density at radius 3 is 1.23 bits per heavy atom. The monoisotopic (exact) mass is 496 g/mol. The molecule has 12 heteroatoms. The summed E-state index contributed by atoms with van der Waals surface area (Å²) < 4.78 is 113. The van der Waals surface area contributed by atoms with Gasteiger partial charge >= 0.3 is 0 Å². The van der Waals surface area contributed by atoms with Crippen molar-refractivity contribution in [3.63, 3.8) is 0 Å². The third kappa shape index (κ3) is 4.31. The SMILES string of the molecule is CC(C)(c1nc(-c2ccc(F)nc2F)c(F)cc1F)c1nc(-c2ccc(F)nc2F)c(F)cc1F. The van der Waals surface area contributed by atoms with Crippen LogP contribution >= 0.6 is 0 Å². The van der Waals surface area contributed by atoms with Crippen LogP contribution in [0.1, 0.15) is 25.2 Å². The molecule has 4 aromatic rings. The molecule has 0 saturated carbocycles. The van der Waals surface area contributed by atoms with E-state index in [9.17, 15) is 35.1 Å². The highest BCUT2D eigenvalue weighted by molar-refractivity contribution is 5.61. The van der Waals surface area contributed by atoms with Crippen molar-refractivity contribution in [2.45, 2.75) is 19.3 Å². The summed E-state index contributed by atoms with van der Waals surface area (Å²) in [6.45, 7) is 2.40. The van der Waals surface area contributed by atoms with Gasteiger partial charge in [-0.1, -0.05) is 0 Å². The van der Waals surface area contributed by atoms with Crippen LogP contribution in [-0.4, -0.2) is 19.9 Å². The predicted molar refractivity (Wildman–Crippen MR) is 107 cm³/mol. The molecule has 0 aliphatic carbocycles. The number of hydrogen-bond acceptors (Lipinski definition) is 4. The molecule has 4 nitrogen and oxygen atoms in total. The van der Waals surface area contributed by atoms with Gasteiger partial charge in [0.25, 0.3) is 0 Å². The second-order valence-electron chi connectivity index (χ2n) is 7.87. The van der Waals surface area contributed by atoms with E-state index in [0.29, 0.717) is 12.1 Å². The molecule has 0 aromatic carbocycles. The lowest BCUT2D eigenvalue weighted by atomic mass is 9.83. The Morgan fingerprint density at radius 1 is 0.514 bits per heavy atom. The van der Waals surface area contributed by atoms with Gasteiger partial charge in [-0.2, -0.15) is 27.5 Å². The number of rotatable bonds is 4. The average Bonchev–Trinajstić information content (AvgIpc) is 2.75. The van der Waals surface area contributed by atoms with Gasteiger partial charge in [-0.3, -0.25) is 0 Å². The van der Waals surface area contributed by atoms with E-state index in [0.717, 1.165) is 24.3 Å². The van der Waals surface area contributed by atoms with Crippen LogP contribution in [0.25, 0.3) is 22.5 Å². The molecule has 0 bridgehead atoms. The molecule has 0 aliphatic heterocycles. The predicted octanol–water partition coefficient (Wildman–Crippen LogP) is 6.04. The number of hydrogen-bond donors (Lipinski definition) is 0. The molecular formula is C23H12F8N4. The number of nitrogens with zero attached hydrogens (tertiary/aromatic N) is 4. The lowest BCUT2D eigenvalue weighted by Crippen LogP contribution is -2.27. The first-order chi connectivity index (χ1) is 16.4. The first-order valence-electron chi connectivity index (χ1n) is 9.78. The summed E-state index contributed by atoms with van der Waals surface area (Å²) >= 11 is 0. The average molecular weight is 496 g/mol. The zero-order chi connectivity index (χ0) is 25.7. The maximum absolute atomic E-state index is 14.8. The van der Waals surface area contributed by atoms with E-state index in [2.05, 4.69) is 19.9 Å². The topological polar surface area (TPSA) is 51.6 Å². The van der Waals surface area contributed by atoms with Gasteiger partial charge < -0.3 is 0 Å². The Balaban J connectivity index is 1.91. The number of halogens is 8. The smallest absolute Gasteiger partial charge is 0.225 e. The normalized spacial score (nSPS) is 11.7.